The molecule has 1 aromatic rings. The minimum atomic E-state index is -0.524. The summed E-state index contributed by atoms with van der Waals surface area (Å²) in [6.45, 7) is 4.66. The van der Waals surface area contributed by atoms with Crippen molar-refractivity contribution in [2.45, 2.75) is 38.8 Å². The number of nitrogens with two attached hydrogens (primary N) is 1. The Bertz CT molecular complexity index is 376. The zero-order chi connectivity index (χ0) is 13.5. The number of ether oxygens (including phenoxy) is 1. The molecule has 1 rings (SSSR count). The molecule has 0 saturated heterocycles. The summed E-state index contributed by atoms with van der Waals surface area (Å²) in [5.41, 5.74) is 5.77. The largest absolute Gasteiger partial charge is 0.385 e. The van der Waals surface area contributed by atoms with Crippen molar-refractivity contribution in [3.8, 4) is 0 Å². The Morgan fingerprint density at radius 3 is 2.89 bits per heavy atom. The van der Waals surface area contributed by atoms with Crippen molar-refractivity contribution in [3.63, 3.8) is 0 Å². The van der Waals surface area contributed by atoms with Crippen LogP contribution in [0.25, 0.3) is 0 Å². The van der Waals surface area contributed by atoms with Gasteiger partial charge in [0.05, 0.1) is 6.04 Å². The lowest BCUT2D eigenvalue weighted by molar-refractivity contribution is -0.117. The molecule has 0 fully saturated rings. The second kappa shape index (κ2) is 7.13. The zero-order valence-corrected chi connectivity index (χ0v) is 11.2. The quantitative estimate of drug-likeness (QED) is 0.715. The van der Waals surface area contributed by atoms with E-state index in [-0.39, 0.29) is 11.9 Å². The minimum Gasteiger partial charge on any atom is -0.385 e. The van der Waals surface area contributed by atoms with Crippen molar-refractivity contribution in [3.05, 3.63) is 12.3 Å². The van der Waals surface area contributed by atoms with Crippen LogP contribution in [0.5, 0.6) is 0 Å². The van der Waals surface area contributed by atoms with Gasteiger partial charge < -0.3 is 15.8 Å². The highest BCUT2D eigenvalue weighted by atomic mass is 16.5. The Morgan fingerprint density at radius 2 is 2.33 bits per heavy atom. The van der Waals surface area contributed by atoms with Gasteiger partial charge in [-0.2, -0.15) is 5.10 Å². The lowest BCUT2D eigenvalue weighted by Crippen LogP contribution is -2.35. The highest BCUT2D eigenvalue weighted by molar-refractivity contribution is 5.93. The number of nitrogens with zero attached hydrogens (tertiary/aromatic N) is 2. The van der Waals surface area contributed by atoms with E-state index in [0.29, 0.717) is 18.8 Å². The van der Waals surface area contributed by atoms with Crippen molar-refractivity contribution in [1.82, 2.24) is 9.78 Å². The lowest BCUT2D eigenvalue weighted by Gasteiger charge is -2.10. The van der Waals surface area contributed by atoms with Crippen LogP contribution in [-0.4, -0.2) is 35.4 Å². The Kier molecular flexibility index (Phi) is 5.80. The lowest BCUT2D eigenvalue weighted by atomic mass is 10.1. The SMILES string of the molecule is COCCCC(N)C(=O)Nc1ccn(C(C)C)n1. The van der Waals surface area contributed by atoms with Gasteiger partial charge in [-0.25, -0.2) is 0 Å². The molecule has 1 heterocycles. The molecule has 0 aliphatic heterocycles. The second-order valence-electron chi connectivity index (χ2n) is 4.51. The molecular weight excluding hydrogens is 232 g/mol. The fraction of sp³-hybridized carbons (Fsp3) is 0.667. The van der Waals surface area contributed by atoms with Gasteiger partial charge in [-0.3, -0.25) is 9.48 Å². The van der Waals surface area contributed by atoms with E-state index in [1.165, 1.54) is 0 Å². The molecule has 0 aromatic carbocycles. The van der Waals surface area contributed by atoms with E-state index in [0.717, 1.165) is 6.42 Å². The molecule has 0 spiro atoms. The molecule has 18 heavy (non-hydrogen) atoms. The predicted molar refractivity (Wildman–Crippen MR) is 70.3 cm³/mol. The number of aromatic nitrogens is 2. The zero-order valence-electron chi connectivity index (χ0n) is 11.2. The minimum absolute atomic E-state index is 0.208. The van der Waals surface area contributed by atoms with E-state index >= 15 is 0 Å². The molecule has 0 aliphatic carbocycles. The van der Waals surface area contributed by atoms with E-state index in [1.807, 2.05) is 20.0 Å². The average molecular weight is 254 g/mol. The van der Waals surface area contributed by atoms with Gasteiger partial charge in [0.25, 0.3) is 0 Å². The molecule has 1 aromatic heterocycles. The van der Waals surface area contributed by atoms with E-state index < -0.39 is 6.04 Å². The molecule has 6 heteroatoms. The maximum Gasteiger partial charge on any atom is 0.242 e. The van der Waals surface area contributed by atoms with Crippen molar-refractivity contribution in [2.75, 3.05) is 19.0 Å². The molecule has 0 saturated carbocycles. The first kappa shape index (κ1) is 14.7. The summed E-state index contributed by atoms with van der Waals surface area (Å²) in [5, 5.41) is 6.94. The molecular formula is C12H22N4O2. The summed E-state index contributed by atoms with van der Waals surface area (Å²) in [6.07, 6.45) is 3.20. The van der Waals surface area contributed by atoms with Crippen LogP contribution < -0.4 is 11.1 Å². The van der Waals surface area contributed by atoms with Crippen LogP contribution in [0, 0.1) is 0 Å². The van der Waals surface area contributed by atoms with Crippen LogP contribution in [0.1, 0.15) is 32.7 Å². The van der Waals surface area contributed by atoms with Crippen molar-refractivity contribution in [2.24, 2.45) is 5.73 Å². The summed E-state index contributed by atoms with van der Waals surface area (Å²) in [6, 6.07) is 1.51. The molecule has 6 nitrogen and oxygen atoms in total. The third-order valence-corrected chi connectivity index (χ3v) is 2.59. The number of hydrogen-bond donors (Lipinski definition) is 2. The molecule has 1 amide bonds. The van der Waals surface area contributed by atoms with Gasteiger partial charge in [0.2, 0.25) is 5.91 Å². The first-order chi connectivity index (χ1) is 8.54. The summed E-state index contributed by atoms with van der Waals surface area (Å²) in [7, 11) is 1.63. The Hall–Kier alpha value is -1.40. The smallest absolute Gasteiger partial charge is 0.242 e. The van der Waals surface area contributed by atoms with Crippen LogP contribution in [0.15, 0.2) is 12.3 Å². The number of nitrogens with one attached hydrogen (secondary N) is 1. The van der Waals surface area contributed by atoms with Gasteiger partial charge in [0, 0.05) is 32.0 Å². The first-order valence-corrected chi connectivity index (χ1v) is 6.15. The highest BCUT2D eigenvalue weighted by Crippen LogP contribution is 2.08. The number of amides is 1. The Morgan fingerprint density at radius 1 is 1.61 bits per heavy atom. The summed E-state index contributed by atoms with van der Waals surface area (Å²) in [5.74, 6) is 0.330. The molecule has 102 valence electrons. The van der Waals surface area contributed by atoms with E-state index in [9.17, 15) is 4.79 Å². The average Bonchev–Trinajstić information content (AvgIpc) is 2.77. The van der Waals surface area contributed by atoms with E-state index in [4.69, 9.17) is 10.5 Å². The third kappa shape index (κ3) is 4.46. The molecule has 0 radical (unpaired) electrons. The van der Waals surface area contributed by atoms with Gasteiger partial charge in [0.1, 0.15) is 0 Å². The Labute approximate surface area is 107 Å². The van der Waals surface area contributed by atoms with Gasteiger partial charge in [-0.05, 0) is 26.7 Å². The predicted octanol–water partition coefficient (Wildman–Crippen LogP) is 1.16. The fourth-order valence-corrected chi connectivity index (χ4v) is 1.49. The summed E-state index contributed by atoms with van der Waals surface area (Å²) >= 11 is 0. The van der Waals surface area contributed by atoms with Crippen LogP contribution in [-0.2, 0) is 9.53 Å². The number of rotatable bonds is 7. The fourth-order valence-electron chi connectivity index (χ4n) is 1.49. The number of anilines is 1. The maximum absolute atomic E-state index is 11.8. The number of hydrogen-bond acceptors (Lipinski definition) is 4. The number of methoxy groups -OCH3 is 1. The summed E-state index contributed by atoms with van der Waals surface area (Å²) < 4.78 is 6.70. The van der Waals surface area contributed by atoms with Gasteiger partial charge >= 0.3 is 0 Å². The monoisotopic (exact) mass is 254 g/mol. The standard InChI is InChI=1S/C12H22N4O2/c1-9(2)16-7-6-11(15-16)14-12(17)10(13)5-4-8-18-3/h6-7,9-10H,4-5,8,13H2,1-3H3,(H,14,15,17). The van der Waals surface area contributed by atoms with Gasteiger partial charge in [-0.1, -0.05) is 0 Å². The molecule has 1 unspecified atom stereocenters. The van der Waals surface area contributed by atoms with Crippen LogP contribution >= 0.6 is 0 Å². The van der Waals surface area contributed by atoms with Crippen molar-refractivity contribution < 1.29 is 9.53 Å². The maximum atomic E-state index is 11.8. The Balaban J connectivity index is 2.42. The van der Waals surface area contributed by atoms with Crippen molar-refractivity contribution in [1.29, 1.82) is 0 Å². The van der Waals surface area contributed by atoms with Gasteiger partial charge in [-0.15, -0.1) is 0 Å². The third-order valence-electron chi connectivity index (χ3n) is 2.59. The molecule has 3 N–H and O–H groups in total. The second-order valence-corrected chi connectivity index (χ2v) is 4.51. The van der Waals surface area contributed by atoms with Crippen LogP contribution in [0.4, 0.5) is 5.82 Å². The molecule has 0 aliphatic rings. The van der Waals surface area contributed by atoms with E-state index in [1.54, 1.807) is 17.9 Å². The summed E-state index contributed by atoms with van der Waals surface area (Å²) in [4.78, 5) is 11.8. The van der Waals surface area contributed by atoms with Crippen LogP contribution in [0.3, 0.4) is 0 Å². The number of carbonyl (C=O) groups is 1. The highest BCUT2D eigenvalue weighted by Gasteiger charge is 2.14. The van der Waals surface area contributed by atoms with Gasteiger partial charge in [0.15, 0.2) is 5.82 Å². The van der Waals surface area contributed by atoms with Crippen molar-refractivity contribution >= 4 is 11.7 Å². The molecule has 1 atom stereocenters. The number of carbonyl (C=O) groups excluding carboxylic acids is 1. The van der Waals surface area contributed by atoms with E-state index in [2.05, 4.69) is 10.4 Å². The molecule has 0 bridgehead atoms. The first-order valence-electron chi connectivity index (χ1n) is 6.15. The van der Waals surface area contributed by atoms with Crippen LogP contribution in [0.2, 0.25) is 0 Å². The topological polar surface area (TPSA) is 82.2 Å². The normalized spacial score (nSPS) is 12.7.